The molecule has 0 bridgehead atoms. The van der Waals surface area contributed by atoms with Crippen LogP contribution < -0.4 is 5.32 Å². The molecule has 0 aliphatic heterocycles. The van der Waals surface area contributed by atoms with Crippen LogP contribution in [0.3, 0.4) is 0 Å². The number of hydrogen-bond donors (Lipinski definition) is 1. The molecule has 0 aliphatic rings. The van der Waals surface area contributed by atoms with E-state index >= 15 is 0 Å². The van der Waals surface area contributed by atoms with Gasteiger partial charge in [0.25, 0.3) is 5.91 Å². The molecule has 6 nitrogen and oxygen atoms in total. The molecule has 3 heterocycles. The van der Waals surface area contributed by atoms with Gasteiger partial charge in [-0.2, -0.15) is 5.10 Å². The summed E-state index contributed by atoms with van der Waals surface area (Å²) in [5.41, 5.74) is 4.51. The normalized spacial score (nSPS) is 11.1. The molecule has 0 fully saturated rings. The minimum absolute atomic E-state index is 0.291. The van der Waals surface area contributed by atoms with Gasteiger partial charge in [-0.05, 0) is 37.6 Å². The summed E-state index contributed by atoms with van der Waals surface area (Å²) < 4.78 is 17.5. The quantitative estimate of drug-likeness (QED) is 0.431. The lowest BCUT2D eigenvalue weighted by Gasteiger charge is -2.09. The lowest BCUT2D eigenvalue weighted by molar-refractivity contribution is 0.102. The molecule has 32 heavy (non-hydrogen) atoms. The average Bonchev–Trinajstić information content (AvgIpc) is 3.36. The summed E-state index contributed by atoms with van der Waals surface area (Å²) in [6, 6.07) is 19.9. The zero-order valence-corrected chi connectivity index (χ0v) is 17.6. The first kappa shape index (κ1) is 19.7. The van der Waals surface area contributed by atoms with Crippen molar-refractivity contribution >= 4 is 17.4 Å². The minimum Gasteiger partial charge on any atom is -0.306 e. The van der Waals surface area contributed by atoms with Crippen LogP contribution in [0, 0.1) is 19.7 Å². The lowest BCUT2D eigenvalue weighted by Crippen LogP contribution is -2.15. The Morgan fingerprint density at radius 3 is 2.50 bits per heavy atom. The Bertz CT molecular complexity index is 1450. The monoisotopic (exact) mass is 425 g/mol. The van der Waals surface area contributed by atoms with Crippen molar-refractivity contribution in [3.63, 3.8) is 0 Å². The Kier molecular flexibility index (Phi) is 4.78. The number of nitrogens with zero attached hydrogens (tertiary/aromatic N) is 4. The molecule has 7 heteroatoms. The van der Waals surface area contributed by atoms with E-state index in [0.717, 1.165) is 16.8 Å². The van der Waals surface area contributed by atoms with Crippen molar-refractivity contribution < 1.29 is 9.18 Å². The minimum atomic E-state index is -0.408. The van der Waals surface area contributed by atoms with Crippen molar-refractivity contribution in [1.29, 1.82) is 0 Å². The van der Waals surface area contributed by atoms with Crippen LogP contribution >= 0.6 is 0 Å². The van der Waals surface area contributed by atoms with E-state index in [1.54, 1.807) is 25.1 Å². The number of carbonyl (C=O) groups excluding carboxylic acids is 1. The number of amides is 1. The van der Waals surface area contributed by atoms with Gasteiger partial charge in [0.2, 0.25) is 0 Å². The zero-order chi connectivity index (χ0) is 22.2. The van der Waals surface area contributed by atoms with Gasteiger partial charge in [0.1, 0.15) is 28.7 Å². The van der Waals surface area contributed by atoms with Crippen LogP contribution in [0.4, 0.5) is 10.2 Å². The first-order valence-electron chi connectivity index (χ1n) is 10.2. The fourth-order valence-electron chi connectivity index (χ4n) is 3.79. The van der Waals surface area contributed by atoms with Crippen LogP contribution in [0.5, 0.6) is 0 Å². The van der Waals surface area contributed by atoms with Crippen molar-refractivity contribution in [1.82, 2.24) is 19.2 Å². The van der Waals surface area contributed by atoms with Gasteiger partial charge in [-0.15, -0.1) is 0 Å². The molecule has 0 unspecified atom stereocenters. The Balaban J connectivity index is 1.58. The first-order chi connectivity index (χ1) is 15.5. The molecule has 0 aliphatic carbocycles. The third kappa shape index (κ3) is 3.24. The molecule has 1 N–H and O–H groups in total. The standard InChI is InChI=1S/C25H20FN5O/c1-16-9-8-14-30-23(16)28-22(18-10-4-3-5-11-18)24(30)29-25(32)19-15-27-31(17(19)2)21-13-7-6-12-20(21)26/h3-15H,1-2H3,(H,29,32). The summed E-state index contributed by atoms with van der Waals surface area (Å²) in [5, 5.41) is 7.26. The highest BCUT2D eigenvalue weighted by Crippen LogP contribution is 2.30. The number of pyridine rings is 1. The Hall–Kier alpha value is -4.26. The van der Waals surface area contributed by atoms with E-state index in [9.17, 15) is 9.18 Å². The molecule has 2 aromatic carbocycles. The van der Waals surface area contributed by atoms with Crippen LogP contribution in [0.1, 0.15) is 21.6 Å². The number of para-hydroxylation sites is 1. The zero-order valence-electron chi connectivity index (χ0n) is 17.6. The highest BCUT2D eigenvalue weighted by molar-refractivity contribution is 6.06. The van der Waals surface area contributed by atoms with E-state index in [1.807, 2.05) is 60.0 Å². The Labute approximate surface area is 184 Å². The second-order valence-corrected chi connectivity index (χ2v) is 7.52. The van der Waals surface area contributed by atoms with Gasteiger partial charge in [-0.25, -0.2) is 14.1 Å². The van der Waals surface area contributed by atoms with Gasteiger partial charge in [0.15, 0.2) is 0 Å². The summed E-state index contributed by atoms with van der Waals surface area (Å²) in [5.74, 6) is -0.183. The summed E-state index contributed by atoms with van der Waals surface area (Å²) in [6.45, 7) is 3.72. The van der Waals surface area contributed by atoms with Crippen LogP contribution in [-0.2, 0) is 0 Å². The Morgan fingerprint density at radius 1 is 0.969 bits per heavy atom. The van der Waals surface area contributed by atoms with Crippen molar-refractivity contribution in [2.75, 3.05) is 5.32 Å². The van der Waals surface area contributed by atoms with Crippen LogP contribution in [0.15, 0.2) is 79.1 Å². The van der Waals surface area contributed by atoms with Crippen molar-refractivity contribution in [2.45, 2.75) is 13.8 Å². The molecule has 1 amide bonds. The summed E-state index contributed by atoms with van der Waals surface area (Å²) in [4.78, 5) is 18.1. The molecular formula is C25H20FN5O. The topological polar surface area (TPSA) is 64.2 Å². The highest BCUT2D eigenvalue weighted by Gasteiger charge is 2.21. The average molecular weight is 425 g/mol. The fourth-order valence-corrected chi connectivity index (χ4v) is 3.79. The molecule has 0 radical (unpaired) electrons. The third-order valence-electron chi connectivity index (χ3n) is 5.46. The number of nitrogens with one attached hydrogen (secondary N) is 1. The number of carbonyl (C=O) groups is 1. The van der Waals surface area contributed by atoms with Crippen LogP contribution in [0.2, 0.25) is 0 Å². The molecule has 0 saturated carbocycles. The predicted octanol–water partition coefficient (Wildman–Crippen LogP) is 5.20. The molecule has 5 aromatic rings. The number of fused-ring (bicyclic) bond motifs is 1. The van der Waals surface area contributed by atoms with Crippen molar-refractivity contribution in [3.05, 3.63) is 102 Å². The van der Waals surface area contributed by atoms with Crippen LogP contribution in [-0.4, -0.2) is 25.1 Å². The Morgan fingerprint density at radius 2 is 1.72 bits per heavy atom. The number of rotatable bonds is 4. The summed E-state index contributed by atoms with van der Waals surface area (Å²) in [7, 11) is 0. The van der Waals surface area contributed by atoms with Gasteiger partial charge >= 0.3 is 0 Å². The number of benzene rings is 2. The number of halogens is 1. The highest BCUT2D eigenvalue weighted by atomic mass is 19.1. The number of aromatic nitrogens is 4. The van der Waals surface area contributed by atoms with Crippen molar-refractivity contribution in [2.24, 2.45) is 0 Å². The van der Waals surface area contributed by atoms with Gasteiger partial charge in [-0.3, -0.25) is 9.20 Å². The second-order valence-electron chi connectivity index (χ2n) is 7.52. The maximum atomic E-state index is 14.3. The van der Waals surface area contributed by atoms with E-state index < -0.39 is 5.82 Å². The largest absolute Gasteiger partial charge is 0.306 e. The van der Waals surface area contributed by atoms with E-state index in [2.05, 4.69) is 10.4 Å². The third-order valence-corrected chi connectivity index (χ3v) is 5.46. The molecule has 3 aromatic heterocycles. The maximum Gasteiger partial charge on any atom is 0.260 e. The van der Waals surface area contributed by atoms with Crippen molar-refractivity contribution in [3.8, 4) is 16.9 Å². The van der Waals surface area contributed by atoms with E-state index in [-0.39, 0.29) is 5.91 Å². The van der Waals surface area contributed by atoms with E-state index in [1.165, 1.54) is 16.9 Å². The smallest absolute Gasteiger partial charge is 0.260 e. The van der Waals surface area contributed by atoms with Crippen LogP contribution in [0.25, 0.3) is 22.6 Å². The number of anilines is 1. The van der Waals surface area contributed by atoms with Gasteiger partial charge in [0.05, 0.1) is 17.5 Å². The fraction of sp³-hybridized carbons (Fsp3) is 0.0800. The second kappa shape index (κ2) is 7.77. The molecule has 0 saturated heterocycles. The molecule has 0 spiro atoms. The maximum absolute atomic E-state index is 14.3. The lowest BCUT2D eigenvalue weighted by atomic mass is 10.1. The summed E-state index contributed by atoms with van der Waals surface area (Å²) in [6.07, 6.45) is 3.32. The molecule has 0 atom stereocenters. The SMILES string of the molecule is Cc1cccn2c(NC(=O)c3cnn(-c4ccccc4F)c3C)c(-c3ccccc3)nc12. The number of imidazole rings is 1. The molecular weight excluding hydrogens is 405 g/mol. The van der Waals surface area contributed by atoms with Gasteiger partial charge in [-0.1, -0.05) is 48.5 Å². The number of hydrogen-bond acceptors (Lipinski definition) is 3. The molecule has 5 rings (SSSR count). The summed E-state index contributed by atoms with van der Waals surface area (Å²) >= 11 is 0. The predicted molar refractivity (Wildman–Crippen MR) is 122 cm³/mol. The number of aryl methyl sites for hydroxylation is 1. The van der Waals surface area contributed by atoms with E-state index in [4.69, 9.17) is 4.98 Å². The van der Waals surface area contributed by atoms with Gasteiger partial charge in [0, 0.05) is 11.8 Å². The first-order valence-corrected chi connectivity index (χ1v) is 10.2. The van der Waals surface area contributed by atoms with Gasteiger partial charge < -0.3 is 5.32 Å². The van der Waals surface area contributed by atoms with E-state index in [0.29, 0.717) is 28.5 Å². The molecule has 158 valence electrons.